The normalized spacial score (nSPS) is 14.1. The molecule has 0 saturated heterocycles. The molecule has 7 nitrogen and oxygen atoms in total. The number of hydrogen-bond acceptors (Lipinski definition) is 5. The standard InChI is InChI=1S/C12H14N6O/c1-13-9-2-3-14-10(6-9)12(19)17-4-5-18-8-15-16-11(18)7-17/h2-3,6,8H,4-5,7H2,1H3,(H,13,14). The van der Waals surface area contributed by atoms with E-state index in [-0.39, 0.29) is 5.91 Å². The fourth-order valence-corrected chi connectivity index (χ4v) is 2.10. The van der Waals surface area contributed by atoms with E-state index in [2.05, 4.69) is 20.5 Å². The first-order valence-electron chi connectivity index (χ1n) is 6.07. The Morgan fingerprint density at radius 1 is 1.42 bits per heavy atom. The van der Waals surface area contributed by atoms with Crippen molar-refractivity contribution >= 4 is 11.6 Å². The fraction of sp³-hybridized carbons (Fsp3) is 0.333. The minimum Gasteiger partial charge on any atom is -0.388 e. The first-order chi connectivity index (χ1) is 9.28. The number of anilines is 1. The molecule has 19 heavy (non-hydrogen) atoms. The van der Waals surface area contributed by atoms with Gasteiger partial charge in [-0.25, -0.2) is 0 Å². The number of pyridine rings is 1. The second-order valence-electron chi connectivity index (χ2n) is 4.35. The Balaban J connectivity index is 1.81. The van der Waals surface area contributed by atoms with Crippen LogP contribution in [0.5, 0.6) is 0 Å². The van der Waals surface area contributed by atoms with Gasteiger partial charge in [0, 0.05) is 32.0 Å². The van der Waals surface area contributed by atoms with Crippen molar-refractivity contribution < 1.29 is 4.79 Å². The van der Waals surface area contributed by atoms with Crippen LogP contribution >= 0.6 is 0 Å². The summed E-state index contributed by atoms with van der Waals surface area (Å²) < 4.78 is 1.96. The molecule has 0 atom stereocenters. The van der Waals surface area contributed by atoms with Crippen LogP contribution in [-0.2, 0) is 13.1 Å². The summed E-state index contributed by atoms with van der Waals surface area (Å²) in [4.78, 5) is 18.3. The summed E-state index contributed by atoms with van der Waals surface area (Å²) >= 11 is 0. The molecular formula is C12H14N6O. The Kier molecular flexibility index (Phi) is 2.86. The molecule has 1 N–H and O–H groups in total. The summed E-state index contributed by atoms with van der Waals surface area (Å²) in [6, 6.07) is 3.57. The van der Waals surface area contributed by atoms with Gasteiger partial charge in [0.1, 0.15) is 12.0 Å². The number of aromatic nitrogens is 4. The minimum absolute atomic E-state index is 0.0775. The van der Waals surface area contributed by atoms with Crippen LogP contribution in [0.15, 0.2) is 24.7 Å². The SMILES string of the molecule is CNc1ccnc(C(=O)N2CCn3cnnc3C2)c1. The Morgan fingerprint density at radius 2 is 2.32 bits per heavy atom. The number of nitrogens with one attached hydrogen (secondary N) is 1. The molecule has 2 aromatic heterocycles. The van der Waals surface area contributed by atoms with Gasteiger partial charge in [-0.1, -0.05) is 0 Å². The number of rotatable bonds is 2. The summed E-state index contributed by atoms with van der Waals surface area (Å²) in [5.41, 5.74) is 1.32. The molecule has 0 fully saturated rings. The third-order valence-electron chi connectivity index (χ3n) is 3.19. The van der Waals surface area contributed by atoms with Gasteiger partial charge >= 0.3 is 0 Å². The molecule has 7 heteroatoms. The lowest BCUT2D eigenvalue weighted by Gasteiger charge is -2.26. The average Bonchev–Trinajstić information content (AvgIpc) is 2.94. The van der Waals surface area contributed by atoms with Gasteiger partial charge in [-0.2, -0.15) is 0 Å². The maximum atomic E-state index is 12.4. The summed E-state index contributed by atoms with van der Waals surface area (Å²) in [6.45, 7) is 1.85. The van der Waals surface area contributed by atoms with Gasteiger partial charge in [0.2, 0.25) is 0 Å². The Hall–Kier alpha value is -2.44. The molecule has 0 unspecified atom stereocenters. The molecule has 3 heterocycles. The highest BCUT2D eigenvalue weighted by Gasteiger charge is 2.23. The second kappa shape index (κ2) is 4.68. The van der Waals surface area contributed by atoms with Crippen LogP contribution in [0.3, 0.4) is 0 Å². The van der Waals surface area contributed by atoms with Gasteiger partial charge in [0.15, 0.2) is 5.82 Å². The van der Waals surface area contributed by atoms with Crippen molar-refractivity contribution in [3.05, 3.63) is 36.2 Å². The lowest BCUT2D eigenvalue weighted by atomic mass is 10.2. The molecule has 1 aliphatic heterocycles. The van der Waals surface area contributed by atoms with Crippen molar-refractivity contribution in [3.8, 4) is 0 Å². The molecule has 2 aromatic rings. The maximum absolute atomic E-state index is 12.4. The lowest BCUT2D eigenvalue weighted by molar-refractivity contribution is 0.0701. The van der Waals surface area contributed by atoms with E-state index in [0.717, 1.165) is 18.1 Å². The van der Waals surface area contributed by atoms with Crippen LogP contribution in [0.2, 0.25) is 0 Å². The highest BCUT2D eigenvalue weighted by atomic mass is 16.2. The van der Waals surface area contributed by atoms with E-state index in [1.165, 1.54) is 0 Å². The highest BCUT2D eigenvalue weighted by Crippen LogP contribution is 2.14. The van der Waals surface area contributed by atoms with Crippen molar-refractivity contribution in [2.45, 2.75) is 13.1 Å². The molecule has 0 aromatic carbocycles. The molecule has 0 spiro atoms. The van der Waals surface area contributed by atoms with Crippen molar-refractivity contribution in [1.29, 1.82) is 0 Å². The molecule has 3 rings (SSSR count). The van der Waals surface area contributed by atoms with Crippen molar-refractivity contribution in [3.63, 3.8) is 0 Å². The van der Waals surface area contributed by atoms with Crippen LogP contribution < -0.4 is 5.32 Å². The van der Waals surface area contributed by atoms with E-state index in [9.17, 15) is 4.79 Å². The minimum atomic E-state index is -0.0775. The quantitative estimate of drug-likeness (QED) is 0.842. The molecular weight excluding hydrogens is 244 g/mol. The number of nitrogens with zero attached hydrogens (tertiary/aromatic N) is 5. The van der Waals surface area contributed by atoms with Crippen molar-refractivity contribution in [2.24, 2.45) is 0 Å². The van der Waals surface area contributed by atoms with Crippen LogP contribution in [-0.4, -0.2) is 44.1 Å². The summed E-state index contributed by atoms with van der Waals surface area (Å²) in [6.07, 6.45) is 3.32. The smallest absolute Gasteiger partial charge is 0.272 e. The van der Waals surface area contributed by atoms with E-state index >= 15 is 0 Å². The van der Waals surface area contributed by atoms with Gasteiger partial charge in [0.25, 0.3) is 5.91 Å². The topological polar surface area (TPSA) is 75.9 Å². The first-order valence-corrected chi connectivity index (χ1v) is 6.07. The zero-order valence-electron chi connectivity index (χ0n) is 10.6. The van der Waals surface area contributed by atoms with Gasteiger partial charge in [-0.15, -0.1) is 10.2 Å². The van der Waals surface area contributed by atoms with E-state index in [0.29, 0.717) is 18.8 Å². The predicted molar refractivity (Wildman–Crippen MR) is 68.5 cm³/mol. The number of hydrogen-bond donors (Lipinski definition) is 1. The summed E-state index contributed by atoms with van der Waals surface area (Å²) in [5.74, 6) is 0.732. The highest BCUT2D eigenvalue weighted by molar-refractivity contribution is 5.93. The summed E-state index contributed by atoms with van der Waals surface area (Å²) in [5, 5.41) is 10.8. The molecule has 1 aliphatic rings. The Labute approximate surface area is 110 Å². The van der Waals surface area contributed by atoms with Gasteiger partial charge < -0.3 is 14.8 Å². The average molecular weight is 258 g/mol. The fourth-order valence-electron chi connectivity index (χ4n) is 2.10. The van der Waals surface area contributed by atoms with Crippen LogP contribution in [0.25, 0.3) is 0 Å². The van der Waals surface area contributed by atoms with Gasteiger partial charge in [-0.05, 0) is 12.1 Å². The van der Waals surface area contributed by atoms with Crippen molar-refractivity contribution in [1.82, 2.24) is 24.6 Å². The number of carbonyl (C=O) groups is 1. The molecule has 0 radical (unpaired) electrons. The number of amides is 1. The third kappa shape index (κ3) is 2.14. The monoisotopic (exact) mass is 258 g/mol. The van der Waals surface area contributed by atoms with E-state index in [1.54, 1.807) is 23.5 Å². The third-order valence-corrected chi connectivity index (χ3v) is 3.19. The van der Waals surface area contributed by atoms with Gasteiger partial charge in [0.05, 0.1) is 6.54 Å². The van der Waals surface area contributed by atoms with Gasteiger partial charge in [-0.3, -0.25) is 9.78 Å². The van der Waals surface area contributed by atoms with E-state index in [4.69, 9.17) is 0 Å². The van der Waals surface area contributed by atoms with Crippen molar-refractivity contribution in [2.75, 3.05) is 18.9 Å². The molecule has 1 amide bonds. The molecule has 0 aliphatic carbocycles. The maximum Gasteiger partial charge on any atom is 0.272 e. The summed E-state index contributed by atoms with van der Waals surface area (Å²) in [7, 11) is 1.81. The number of fused-ring (bicyclic) bond motifs is 1. The predicted octanol–water partition coefficient (Wildman–Crippen LogP) is 0.371. The van der Waals surface area contributed by atoms with Crippen LogP contribution in [0.1, 0.15) is 16.3 Å². The zero-order chi connectivity index (χ0) is 13.2. The Bertz CT molecular complexity index is 608. The van der Waals surface area contributed by atoms with Crippen LogP contribution in [0.4, 0.5) is 5.69 Å². The molecule has 0 saturated carbocycles. The second-order valence-corrected chi connectivity index (χ2v) is 4.35. The first kappa shape index (κ1) is 11.6. The largest absolute Gasteiger partial charge is 0.388 e. The number of carbonyl (C=O) groups excluding carboxylic acids is 1. The van der Waals surface area contributed by atoms with E-state index in [1.807, 2.05) is 17.7 Å². The lowest BCUT2D eigenvalue weighted by Crippen LogP contribution is -2.38. The molecule has 98 valence electrons. The zero-order valence-corrected chi connectivity index (χ0v) is 10.6. The van der Waals surface area contributed by atoms with Crippen LogP contribution in [0, 0.1) is 0 Å². The molecule has 0 bridgehead atoms. The van der Waals surface area contributed by atoms with E-state index < -0.39 is 0 Å². The Morgan fingerprint density at radius 3 is 3.16 bits per heavy atom.